The molecule has 2 amide bonds. The molecule has 0 bridgehead atoms. The van der Waals surface area contributed by atoms with E-state index in [9.17, 15) is 19.5 Å². The minimum absolute atomic E-state index is 0.0371. The molecule has 0 radical (unpaired) electrons. The van der Waals surface area contributed by atoms with Crippen LogP contribution in [0.1, 0.15) is 28.8 Å². The van der Waals surface area contributed by atoms with Crippen molar-refractivity contribution in [3.63, 3.8) is 0 Å². The number of aromatic carboxylic acids is 1. The molecule has 31 heavy (non-hydrogen) atoms. The van der Waals surface area contributed by atoms with Crippen LogP contribution in [0, 0.1) is 0 Å². The summed E-state index contributed by atoms with van der Waals surface area (Å²) in [6.07, 6.45) is 2.48. The van der Waals surface area contributed by atoms with Crippen LogP contribution in [0.4, 0.5) is 10.5 Å². The number of hydrogen-bond acceptors (Lipinski definition) is 7. The van der Waals surface area contributed by atoms with Gasteiger partial charge in [0.25, 0.3) is 5.24 Å². The molecule has 0 spiro atoms. The normalized spacial score (nSPS) is 14.7. The molecule has 2 aromatic carbocycles. The molecule has 1 aliphatic rings. The van der Waals surface area contributed by atoms with Gasteiger partial charge in [-0.15, -0.1) is 0 Å². The van der Waals surface area contributed by atoms with Crippen molar-refractivity contribution in [2.75, 3.05) is 19.0 Å². The summed E-state index contributed by atoms with van der Waals surface area (Å²) in [6.45, 7) is 0.335. The van der Waals surface area contributed by atoms with Gasteiger partial charge in [0.15, 0.2) is 0 Å². The second-order valence-corrected chi connectivity index (χ2v) is 8.00. The van der Waals surface area contributed by atoms with E-state index in [1.165, 1.54) is 29.2 Å². The maximum absolute atomic E-state index is 12.3. The number of carbonyl (C=O) groups excluding carboxylic acids is 3. The predicted molar refractivity (Wildman–Crippen MR) is 122 cm³/mol. The lowest BCUT2D eigenvalue weighted by molar-refractivity contribution is -0.255. The fraction of sp³-hybridized carbons (Fsp3) is 0.182. The lowest BCUT2D eigenvalue weighted by Crippen LogP contribution is -2.28. The SMILES string of the molecule is COc1ccc(/C=C2/SC(=O)N(CCCC(=O)Nc3ccc(C(=O)[O-])cc3)C2=S)cc1. The number of carbonyl (C=O) groups is 3. The van der Waals surface area contributed by atoms with E-state index in [0.717, 1.165) is 23.1 Å². The first-order chi connectivity index (χ1) is 14.9. The molecule has 0 aromatic heterocycles. The lowest BCUT2D eigenvalue weighted by atomic mass is 10.2. The quantitative estimate of drug-likeness (QED) is 0.482. The highest BCUT2D eigenvalue weighted by atomic mass is 32.2. The number of carboxylic acid groups (broad SMARTS) is 1. The summed E-state index contributed by atoms with van der Waals surface area (Å²) >= 11 is 6.52. The number of hydrogen-bond donors (Lipinski definition) is 1. The molecule has 160 valence electrons. The summed E-state index contributed by atoms with van der Waals surface area (Å²) in [4.78, 5) is 37.8. The Hall–Kier alpha value is -3.17. The van der Waals surface area contributed by atoms with Crippen LogP contribution in [0.15, 0.2) is 53.4 Å². The summed E-state index contributed by atoms with van der Waals surface area (Å²) < 4.78 is 5.14. The van der Waals surface area contributed by atoms with Gasteiger partial charge in [0.05, 0.1) is 18.0 Å². The molecular formula is C22H19N2O5S2-. The van der Waals surface area contributed by atoms with E-state index in [-0.39, 0.29) is 23.1 Å². The van der Waals surface area contributed by atoms with Crippen molar-refractivity contribution < 1.29 is 24.2 Å². The molecule has 1 aliphatic heterocycles. The smallest absolute Gasteiger partial charge is 0.291 e. The highest BCUT2D eigenvalue weighted by Gasteiger charge is 2.31. The van der Waals surface area contributed by atoms with E-state index in [4.69, 9.17) is 17.0 Å². The number of thioether (sulfide) groups is 1. The van der Waals surface area contributed by atoms with Crippen molar-refractivity contribution in [3.8, 4) is 5.75 Å². The first-order valence-corrected chi connectivity index (χ1v) is 10.6. The van der Waals surface area contributed by atoms with Gasteiger partial charge in [-0.3, -0.25) is 14.5 Å². The second kappa shape index (κ2) is 10.2. The second-order valence-electron chi connectivity index (χ2n) is 6.62. The van der Waals surface area contributed by atoms with E-state index >= 15 is 0 Å². The fourth-order valence-electron chi connectivity index (χ4n) is 2.86. The van der Waals surface area contributed by atoms with E-state index in [0.29, 0.717) is 28.5 Å². The molecule has 2 aromatic rings. The van der Waals surface area contributed by atoms with Gasteiger partial charge in [-0.25, -0.2) is 0 Å². The van der Waals surface area contributed by atoms with Gasteiger partial charge in [-0.05, 0) is 59.7 Å². The number of methoxy groups -OCH3 is 1. The number of nitrogens with zero attached hydrogens (tertiary/aromatic N) is 1. The van der Waals surface area contributed by atoms with Crippen LogP contribution in [0.5, 0.6) is 5.75 Å². The predicted octanol–water partition coefficient (Wildman–Crippen LogP) is 3.31. The highest BCUT2D eigenvalue weighted by molar-refractivity contribution is 8.19. The Morgan fingerprint density at radius 1 is 1.16 bits per heavy atom. The van der Waals surface area contributed by atoms with Crippen LogP contribution in [-0.4, -0.2) is 40.7 Å². The van der Waals surface area contributed by atoms with Crippen molar-refractivity contribution in [2.24, 2.45) is 0 Å². The first-order valence-electron chi connectivity index (χ1n) is 9.38. The minimum atomic E-state index is -1.28. The summed E-state index contributed by atoms with van der Waals surface area (Å²) in [6, 6.07) is 13.1. The van der Waals surface area contributed by atoms with Crippen molar-refractivity contribution in [1.82, 2.24) is 4.90 Å². The topological polar surface area (TPSA) is 98.8 Å². The fourth-order valence-corrected chi connectivity index (χ4v) is 4.14. The third-order valence-corrected chi connectivity index (χ3v) is 5.97. The van der Waals surface area contributed by atoms with Gasteiger partial charge < -0.3 is 20.0 Å². The zero-order valence-corrected chi connectivity index (χ0v) is 18.3. The number of ether oxygens (including phenoxy) is 1. The van der Waals surface area contributed by atoms with Crippen molar-refractivity contribution >= 4 is 57.8 Å². The van der Waals surface area contributed by atoms with Crippen molar-refractivity contribution in [1.29, 1.82) is 0 Å². The monoisotopic (exact) mass is 455 g/mol. The maximum Gasteiger partial charge on any atom is 0.291 e. The largest absolute Gasteiger partial charge is 0.545 e. The Labute approximate surface area is 189 Å². The molecule has 1 heterocycles. The first kappa shape index (κ1) is 22.5. The third kappa shape index (κ3) is 5.93. The molecule has 0 saturated carbocycles. The van der Waals surface area contributed by atoms with Crippen molar-refractivity contribution in [3.05, 3.63) is 64.6 Å². The van der Waals surface area contributed by atoms with Gasteiger partial charge in [-0.2, -0.15) is 0 Å². The molecule has 1 fully saturated rings. The molecule has 3 rings (SSSR count). The van der Waals surface area contributed by atoms with Crippen LogP contribution in [-0.2, 0) is 4.79 Å². The molecule has 9 heteroatoms. The number of benzene rings is 2. The Morgan fingerprint density at radius 3 is 2.45 bits per heavy atom. The number of amides is 2. The standard InChI is InChI=1S/C22H20N2O5S2/c1-29-17-10-4-14(5-11-17)13-18-20(30)24(22(28)31-18)12-2-3-19(25)23-16-8-6-15(7-9-16)21(26)27/h4-11,13H,2-3,12H2,1H3,(H,23,25)(H,26,27)/p-1/b18-13+. The van der Waals surface area contributed by atoms with Gasteiger partial charge >= 0.3 is 0 Å². The zero-order chi connectivity index (χ0) is 22.4. The summed E-state index contributed by atoms with van der Waals surface area (Å²) in [7, 11) is 1.60. The van der Waals surface area contributed by atoms with Gasteiger partial charge in [0.1, 0.15) is 10.7 Å². The minimum Gasteiger partial charge on any atom is -0.545 e. The molecular weight excluding hydrogens is 436 g/mol. The lowest BCUT2D eigenvalue weighted by Gasteiger charge is -2.14. The Bertz CT molecular complexity index is 1030. The average molecular weight is 456 g/mol. The van der Waals surface area contributed by atoms with Crippen LogP contribution in [0.25, 0.3) is 6.08 Å². The Kier molecular flexibility index (Phi) is 7.43. The Balaban J connectivity index is 1.51. The Morgan fingerprint density at radius 2 is 1.84 bits per heavy atom. The number of carboxylic acids is 1. The maximum atomic E-state index is 12.3. The van der Waals surface area contributed by atoms with Gasteiger partial charge in [0, 0.05) is 18.7 Å². The van der Waals surface area contributed by atoms with Crippen molar-refractivity contribution in [2.45, 2.75) is 12.8 Å². The van der Waals surface area contributed by atoms with Crippen LogP contribution < -0.4 is 15.2 Å². The number of anilines is 1. The van der Waals surface area contributed by atoms with Crippen LogP contribution in [0.2, 0.25) is 0 Å². The summed E-state index contributed by atoms with van der Waals surface area (Å²) in [5.74, 6) is -0.766. The zero-order valence-electron chi connectivity index (χ0n) is 16.6. The highest BCUT2D eigenvalue weighted by Crippen LogP contribution is 2.33. The summed E-state index contributed by atoms with van der Waals surface area (Å²) in [5, 5.41) is 13.3. The molecule has 0 unspecified atom stereocenters. The third-order valence-electron chi connectivity index (χ3n) is 4.48. The van der Waals surface area contributed by atoms with Gasteiger partial charge in [0.2, 0.25) is 5.91 Å². The molecule has 1 saturated heterocycles. The number of nitrogens with one attached hydrogen (secondary N) is 1. The van der Waals surface area contributed by atoms with E-state index in [1.54, 1.807) is 7.11 Å². The number of thiocarbonyl (C=S) groups is 1. The molecule has 1 N–H and O–H groups in total. The van der Waals surface area contributed by atoms with E-state index < -0.39 is 5.97 Å². The number of rotatable bonds is 8. The average Bonchev–Trinajstić information content (AvgIpc) is 3.02. The van der Waals surface area contributed by atoms with Crippen LogP contribution in [0.3, 0.4) is 0 Å². The van der Waals surface area contributed by atoms with Gasteiger partial charge in [-0.1, -0.05) is 36.5 Å². The summed E-state index contributed by atoms with van der Waals surface area (Å²) in [5.41, 5.74) is 1.43. The molecule has 0 atom stereocenters. The van der Waals surface area contributed by atoms with E-state index in [2.05, 4.69) is 5.32 Å². The van der Waals surface area contributed by atoms with E-state index in [1.807, 2.05) is 30.3 Å². The molecule has 0 aliphatic carbocycles. The molecule has 7 nitrogen and oxygen atoms in total. The van der Waals surface area contributed by atoms with Crippen LogP contribution >= 0.6 is 24.0 Å².